The van der Waals surface area contributed by atoms with Crippen molar-refractivity contribution in [1.82, 2.24) is 0 Å². The van der Waals surface area contributed by atoms with E-state index in [4.69, 9.17) is 14.9 Å². The SMILES string of the molecule is CCOC(=N)C(O)c1cc(C)ccc1OC.Cl. The van der Waals surface area contributed by atoms with E-state index in [0.29, 0.717) is 17.9 Å². The Morgan fingerprint density at radius 2 is 2.12 bits per heavy atom. The normalized spacial score (nSPS) is 11.3. The Morgan fingerprint density at radius 3 is 2.65 bits per heavy atom. The van der Waals surface area contributed by atoms with Crippen LogP contribution in [0.2, 0.25) is 0 Å². The maximum absolute atomic E-state index is 9.93. The van der Waals surface area contributed by atoms with Gasteiger partial charge in [0, 0.05) is 5.56 Å². The molecule has 0 bridgehead atoms. The fraction of sp³-hybridized carbons (Fsp3) is 0.417. The standard InChI is InChI=1S/C12H17NO3.ClH/c1-4-16-12(13)11(14)9-7-8(2)5-6-10(9)15-3;/h5-7,11,13-14H,4H2,1-3H3;1H. The van der Waals surface area contributed by atoms with E-state index in [2.05, 4.69) is 0 Å². The van der Waals surface area contributed by atoms with Gasteiger partial charge in [-0.3, -0.25) is 5.41 Å². The number of benzene rings is 1. The van der Waals surface area contributed by atoms with Crippen LogP contribution in [0.4, 0.5) is 0 Å². The van der Waals surface area contributed by atoms with Crippen molar-refractivity contribution in [2.75, 3.05) is 13.7 Å². The number of aliphatic hydroxyl groups is 1. The van der Waals surface area contributed by atoms with Gasteiger partial charge in [0.2, 0.25) is 5.90 Å². The number of methoxy groups -OCH3 is 1. The van der Waals surface area contributed by atoms with Gasteiger partial charge >= 0.3 is 0 Å². The Hall–Kier alpha value is -1.26. The highest BCUT2D eigenvalue weighted by atomic mass is 35.5. The number of hydrogen-bond acceptors (Lipinski definition) is 4. The van der Waals surface area contributed by atoms with Gasteiger partial charge in [-0.25, -0.2) is 0 Å². The summed E-state index contributed by atoms with van der Waals surface area (Å²) in [5.41, 5.74) is 1.56. The van der Waals surface area contributed by atoms with Crippen LogP contribution in [0.5, 0.6) is 5.75 Å². The van der Waals surface area contributed by atoms with Crippen LogP contribution in [0.25, 0.3) is 0 Å². The van der Waals surface area contributed by atoms with Crippen molar-refractivity contribution in [3.8, 4) is 5.75 Å². The molecule has 17 heavy (non-hydrogen) atoms. The largest absolute Gasteiger partial charge is 0.496 e. The van der Waals surface area contributed by atoms with E-state index in [-0.39, 0.29) is 18.3 Å². The summed E-state index contributed by atoms with van der Waals surface area (Å²) < 4.78 is 10.1. The van der Waals surface area contributed by atoms with Crippen molar-refractivity contribution in [3.63, 3.8) is 0 Å². The molecular formula is C12H18ClNO3. The van der Waals surface area contributed by atoms with Gasteiger partial charge in [-0.05, 0) is 26.0 Å². The first-order valence-corrected chi connectivity index (χ1v) is 5.14. The maximum Gasteiger partial charge on any atom is 0.215 e. The van der Waals surface area contributed by atoms with Crippen LogP contribution in [0, 0.1) is 12.3 Å². The third kappa shape index (κ3) is 3.91. The zero-order valence-electron chi connectivity index (χ0n) is 10.2. The molecule has 0 aliphatic carbocycles. The minimum Gasteiger partial charge on any atom is -0.496 e. The van der Waals surface area contributed by atoms with Gasteiger partial charge in [-0.2, -0.15) is 0 Å². The highest BCUT2D eigenvalue weighted by Crippen LogP contribution is 2.27. The maximum atomic E-state index is 9.93. The number of aryl methyl sites for hydroxylation is 1. The summed E-state index contributed by atoms with van der Waals surface area (Å²) in [4.78, 5) is 0. The van der Waals surface area contributed by atoms with Gasteiger partial charge in [-0.15, -0.1) is 12.4 Å². The predicted octanol–water partition coefficient (Wildman–Crippen LogP) is 2.47. The predicted molar refractivity (Wildman–Crippen MR) is 69.3 cm³/mol. The molecule has 0 radical (unpaired) electrons. The molecule has 0 spiro atoms. The molecule has 0 fully saturated rings. The average molecular weight is 260 g/mol. The first-order valence-electron chi connectivity index (χ1n) is 5.14. The molecule has 0 aliphatic rings. The van der Waals surface area contributed by atoms with Gasteiger partial charge in [-0.1, -0.05) is 11.6 Å². The molecule has 1 unspecified atom stereocenters. The molecule has 5 heteroatoms. The average Bonchev–Trinajstić information content (AvgIpc) is 2.28. The van der Waals surface area contributed by atoms with E-state index >= 15 is 0 Å². The molecule has 0 heterocycles. The molecule has 0 amide bonds. The van der Waals surface area contributed by atoms with E-state index in [0.717, 1.165) is 5.56 Å². The third-order valence-corrected chi connectivity index (χ3v) is 2.23. The van der Waals surface area contributed by atoms with Crippen LogP contribution in [0.1, 0.15) is 24.2 Å². The molecule has 1 rings (SSSR count). The quantitative estimate of drug-likeness (QED) is 0.645. The van der Waals surface area contributed by atoms with E-state index in [1.807, 2.05) is 13.0 Å². The Bertz CT molecular complexity index is 382. The summed E-state index contributed by atoms with van der Waals surface area (Å²) in [6, 6.07) is 5.45. The second-order valence-corrected chi connectivity index (χ2v) is 3.45. The highest BCUT2D eigenvalue weighted by Gasteiger charge is 2.19. The van der Waals surface area contributed by atoms with Crippen molar-refractivity contribution in [1.29, 1.82) is 5.41 Å². The monoisotopic (exact) mass is 259 g/mol. The van der Waals surface area contributed by atoms with E-state index in [9.17, 15) is 5.11 Å². The highest BCUT2D eigenvalue weighted by molar-refractivity contribution is 5.85. The summed E-state index contributed by atoms with van der Waals surface area (Å²) in [5.74, 6) is 0.397. The van der Waals surface area contributed by atoms with Gasteiger partial charge < -0.3 is 14.6 Å². The Kier molecular flexibility index (Phi) is 6.61. The first kappa shape index (κ1) is 15.7. The zero-order valence-corrected chi connectivity index (χ0v) is 11.0. The number of rotatable bonds is 4. The minimum atomic E-state index is -1.07. The molecule has 0 aliphatic heterocycles. The van der Waals surface area contributed by atoms with Crippen molar-refractivity contribution < 1.29 is 14.6 Å². The summed E-state index contributed by atoms with van der Waals surface area (Å²) in [7, 11) is 1.53. The van der Waals surface area contributed by atoms with Crippen LogP contribution >= 0.6 is 12.4 Å². The van der Waals surface area contributed by atoms with Crippen molar-refractivity contribution in [3.05, 3.63) is 29.3 Å². The Morgan fingerprint density at radius 1 is 1.47 bits per heavy atom. The third-order valence-electron chi connectivity index (χ3n) is 2.23. The van der Waals surface area contributed by atoms with Crippen LogP contribution in [0.3, 0.4) is 0 Å². The molecule has 0 saturated carbocycles. The van der Waals surface area contributed by atoms with E-state index in [1.54, 1.807) is 19.1 Å². The fourth-order valence-electron chi connectivity index (χ4n) is 1.44. The van der Waals surface area contributed by atoms with Crippen molar-refractivity contribution in [2.24, 2.45) is 0 Å². The van der Waals surface area contributed by atoms with E-state index < -0.39 is 6.10 Å². The first-order chi connectivity index (χ1) is 7.60. The second-order valence-electron chi connectivity index (χ2n) is 3.45. The lowest BCUT2D eigenvalue weighted by Gasteiger charge is -2.16. The van der Waals surface area contributed by atoms with Crippen molar-refractivity contribution >= 4 is 18.3 Å². The van der Waals surface area contributed by atoms with Crippen LogP contribution in [-0.4, -0.2) is 24.7 Å². The lowest BCUT2D eigenvalue weighted by atomic mass is 10.1. The summed E-state index contributed by atoms with van der Waals surface area (Å²) in [6.45, 7) is 4.05. The molecule has 96 valence electrons. The lowest BCUT2D eigenvalue weighted by Crippen LogP contribution is -2.15. The van der Waals surface area contributed by atoms with Crippen LogP contribution < -0.4 is 4.74 Å². The number of halogens is 1. The number of nitrogens with one attached hydrogen (secondary N) is 1. The molecule has 2 N–H and O–H groups in total. The Labute approximate surface area is 107 Å². The molecule has 4 nitrogen and oxygen atoms in total. The molecule has 1 atom stereocenters. The van der Waals surface area contributed by atoms with Crippen LogP contribution in [-0.2, 0) is 4.74 Å². The molecule has 0 saturated heterocycles. The zero-order chi connectivity index (χ0) is 12.1. The molecule has 1 aromatic rings. The topological polar surface area (TPSA) is 62.5 Å². The number of ether oxygens (including phenoxy) is 2. The Balaban J connectivity index is 0.00000256. The molecule has 0 aromatic heterocycles. The van der Waals surface area contributed by atoms with Crippen molar-refractivity contribution in [2.45, 2.75) is 20.0 Å². The van der Waals surface area contributed by atoms with Gasteiger partial charge in [0.05, 0.1) is 13.7 Å². The minimum absolute atomic E-state index is 0. The molecule has 1 aromatic carbocycles. The van der Waals surface area contributed by atoms with E-state index in [1.165, 1.54) is 7.11 Å². The second kappa shape index (κ2) is 7.14. The summed E-state index contributed by atoms with van der Waals surface area (Å²) in [5, 5.41) is 17.5. The lowest BCUT2D eigenvalue weighted by molar-refractivity contribution is 0.187. The summed E-state index contributed by atoms with van der Waals surface area (Å²) >= 11 is 0. The smallest absolute Gasteiger partial charge is 0.215 e. The van der Waals surface area contributed by atoms with Gasteiger partial charge in [0.15, 0.2) is 6.10 Å². The fourth-order valence-corrected chi connectivity index (χ4v) is 1.44. The van der Waals surface area contributed by atoms with Crippen LogP contribution in [0.15, 0.2) is 18.2 Å². The number of hydrogen-bond donors (Lipinski definition) is 2. The van der Waals surface area contributed by atoms with Gasteiger partial charge in [0.1, 0.15) is 5.75 Å². The van der Waals surface area contributed by atoms with Gasteiger partial charge in [0.25, 0.3) is 0 Å². The number of aliphatic hydroxyl groups excluding tert-OH is 1. The summed E-state index contributed by atoms with van der Waals surface area (Å²) in [6.07, 6.45) is -1.07. The molecular weight excluding hydrogens is 242 g/mol.